The average molecular weight is 1930 g/mol. The van der Waals surface area contributed by atoms with Crippen LogP contribution in [-0.4, -0.2) is 256 Å². The topological polar surface area (TPSA) is 628 Å². The van der Waals surface area contributed by atoms with E-state index in [1.54, 1.807) is 109 Å². The van der Waals surface area contributed by atoms with Gasteiger partial charge in [-0.15, -0.1) is 23.5 Å². The van der Waals surface area contributed by atoms with Crippen molar-refractivity contribution in [3.8, 4) is 75.9 Å². The van der Waals surface area contributed by atoms with Crippen LogP contribution in [0.5, 0.6) is 0 Å². The molecular formula is C85H110FKN38O7S3. The zero-order chi connectivity index (χ0) is 97.8. The van der Waals surface area contributed by atoms with Gasteiger partial charge in [-0.1, -0.05) is 13.8 Å². The summed E-state index contributed by atoms with van der Waals surface area (Å²) in [6.07, 6.45) is 29.0. The number of aromatic nitrogens is 18. The van der Waals surface area contributed by atoms with E-state index in [0.29, 0.717) is 126 Å². The Labute approximate surface area is 833 Å². The minimum Gasteiger partial charge on any atom is -1.00 e. The second kappa shape index (κ2) is 51.9. The van der Waals surface area contributed by atoms with Gasteiger partial charge in [0.1, 0.15) is 74.8 Å². The molecule has 3 saturated heterocycles. The Bertz CT molecular complexity index is 6130. The van der Waals surface area contributed by atoms with Crippen LogP contribution in [0.25, 0.3) is 50.4 Å². The van der Waals surface area contributed by atoms with E-state index in [0.717, 1.165) is 80.4 Å². The van der Waals surface area contributed by atoms with E-state index in [1.165, 1.54) is 40.5 Å². The molecule has 9 aromatic heterocycles. The molecule has 9 aromatic rings. The number of hydrogen-bond donors (Lipinski definition) is 8. The maximum Gasteiger partial charge on any atom is 1.00 e. The van der Waals surface area contributed by atoms with Crippen molar-refractivity contribution >= 4 is 104 Å². The third-order valence-electron chi connectivity index (χ3n) is 20.5. The van der Waals surface area contributed by atoms with Gasteiger partial charge in [-0.05, 0) is 103 Å². The van der Waals surface area contributed by atoms with Gasteiger partial charge in [-0.3, -0.25) is 48.5 Å². The van der Waals surface area contributed by atoms with Crippen LogP contribution in [0, 0.1) is 92.3 Å². The number of thioether (sulfide) groups is 2. The van der Waals surface area contributed by atoms with E-state index in [9.17, 15) is 42.9 Å². The normalized spacial score (nSPS) is 15.8. The Balaban J connectivity index is 0.000000249. The molecule has 15 rings (SSSR count). The van der Waals surface area contributed by atoms with Crippen LogP contribution in [-0.2, 0) is 64.3 Å². The molecule has 3 saturated carbocycles. The first kappa shape index (κ1) is 111. The first-order valence-electron chi connectivity index (χ1n) is 42.1. The van der Waals surface area contributed by atoms with E-state index >= 15 is 0 Å². The van der Waals surface area contributed by atoms with Crippen LogP contribution in [0.3, 0.4) is 0 Å². The number of aryl methyl sites for hydroxylation is 5. The quantitative estimate of drug-likeness (QED) is 0.00883. The number of halogens is 1. The van der Waals surface area contributed by atoms with E-state index in [4.69, 9.17) is 55.7 Å². The summed E-state index contributed by atoms with van der Waals surface area (Å²) in [5.41, 5.74) is 26.7. The second-order valence-electron chi connectivity index (χ2n) is 32.3. The number of piperazine rings is 3. The summed E-state index contributed by atoms with van der Waals surface area (Å²) in [5, 5.41) is 81.8. The van der Waals surface area contributed by atoms with Gasteiger partial charge in [0.25, 0.3) is 5.70 Å². The number of sulfone groups is 1. The summed E-state index contributed by atoms with van der Waals surface area (Å²) < 4.78 is 31.4. The minimum atomic E-state index is -3.67. The number of aliphatic imine (C=N–C) groups is 1. The minimum absolute atomic E-state index is 0. The number of rotatable bonds is 17. The van der Waals surface area contributed by atoms with Gasteiger partial charge in [0.2, 0.25) is 23.8 Å². The summed E-state index contributed by atoms with van der Waals surface area (Å²) in [5.74, 6) is 4.85. The van der Waals surface area contributed by atoms with Crippen LogP contribution in [0.1, 0.15) is 122 Å². The molecule has 3 atom stereocenters. The molecule has 6 fully saturated rings. The van der Waals surface area contributed by atoms with Crippen LogP contribution < -0.4 is 105 Å². The van der Waals surface area contributed by atoms with Crippen molar-refractivity contribution in [3.63, 3.8) is 0 Å². The first-order chi connectivity index (χ1) is 63.2. The molecule has 0 radical (unpaired) electrons. The van der Waals surface area contributed by atoms with E-state index in [2.05, 4.69) is 105 Å². The smallest absolute Gasteiger partial charge is 1.00 e. The SMILES string of the molecule is CC(C)CN=C=O.CC(C)NC(=O)Nc1nc(-c2cnn(C)c2)nc(N2CCN(C(=O)C3CC3)[C@H](C)C2)c1C#N.CSc1nc(-c2cnn(C)c2)nc(N)c1C#N.C[C@@H]1CN(c2nc(-c3cnn(C)c3)nc(N)c2C#N)CCN1C(=O)C1CC1.C[C@@H]1CNCCN1C(=O)C1CC1.Cn1cc(-c2nc(N)c(C#N)c(S(C)(=O)=O)n2)cn1.Cn1cc(C(=N)N)cn1.[C-]#[N+]/C(C#N)=C(\C)SC.[F-].[K+]. The number of carbonyl (C=O) groups is 4. The van der Waals surface area contributed by atoms with E-state index in [1.807, 2.05) is 105 Å². The van der Waals surface area contributed by atoms with Gasteiger partial charge < -0.3 is 62.8 Å². The van der Waals surface area contributed by atoms with Gasteiger partial charge in [0.05, 0.1) is 78.0 Å². The van der Waals surface area contributed by atoms with Crippen molar-refractivity contribution in [1.29, 1.82) is 31.7 Å². The first-order valence-corrected chi connectivity index (χ1v) is 46.4. The molecule has 0 spiro atoms. The number of nitrogens with two attached hydrogens (primary N) is 4. The molecule has 5 amide bonds. The number of nitrogens with one attached hydrogen (secondary N) is 4. The molecule has 12 N–H and O–H groups in total. The van der Waals surface area contributed by atoms with Crippen LogP contribution in [0.4, 0.5) is 39.7 Å². The number of allylic oxidation sites excluding steroid dienone is 2. The van der Waals surface area contributed by atoms with Crippen LogP contribution in [0.15, 0.2) is 87.6 Å². The third-order valence-corrected chi connectivity index (χ3v) is 23.0. The molecule has 12 heterocycles. The molecular weight excluding hydrogens is 1820 g/mol. The van der Waals surface area contributed by atoms with Gasteiger partial charge in [0, 0.05) is 173 Å². The number of nitrogens with zero attached hydrogens (tertiary/aromatic N) is 30. The van der Waals surface area contributed by atoms with Crippen molar-refractivity contribution in [2.75, 3.05) is 117 Å². The maximum absolute atomic E-state index is 12.6. The predicted octanol–water partition coefficient (Wildman–Crippen LogP) is 0.222. The summed E-state index contributed by atoms with van der Waals surface area (Å²) in [6.45, 7) is 29.0. The molecule has 45 nitrogen and oxygen atoms in total. The number of urea groups is 1. The van der Waals surface area contributed by atoms with Crippen LogP contribution >= 0.6 is 23.5 Å². The van der Waals surface area contributed by atoms with Crippen LogP contribution in [0.2, 0.25) is 0 Å². The number of nitrogen functional groups attached to an aromatic ring is 4. The van der Waals surface area contributed by atoms with Crippen molar-refractivity contribution < 1.29 is 88.5 Å². The number of amidine groups is 1. The van der Waals surface area contributed by atoms with E-state index < -0.39 is 15.9 Å². The Morgan fingerprint density at radius 2 is 0.993 bits per heavy atom. The second-order valence-corrected chi connectivity index (χ2v) is 36.0. The monoisotopic (exact) mass is 1930 g/mol. The zero-order valence-corrected chi connectivity index (χ0v) is 84.0. The third kappa shape index (κ3) is 31.7. The number of nitriles is 5. The number of hydrogen-bond acceptors (Lipinski definition) is 35. The molecule has 708 valence electrons. The molecule has 3 aliphatic carbocycles. The number of anilines is 6. The van der Waals surface area contributed by atoms with Gasteiger partial charge >= 0.3 is 57.4 Å². The largest absolute Gasteiger partial charge is 1.00 e. The number of carbonyl (C=O) groups excluding carboxylic acids is 5. The number of isocyanates is 1. The molecule has 3 aliphatic heterocycles. The molecule has 50 heteroatoms. The summed E-state index contributed by atoms with van der Waals surface area (Å²) in [7, 11) is 5.23. The Morgan fingerprint density at radius 1 is 0.593 bits per heavy atom. The maximum atomic E-state index is 12.6. The van der Waals surface area contributed by atoms with Gasteiger partial charge in [-0.25, -0.2) is 73.0 Å². The number of amides is 5. The molecule has 6 aliphatic rings. The zero-order valence-electron chi connectivity index (χ0n) is 78.4. The van der Waals surface area contributed by atoms with Gasteiger partial charge in [-0.2, -0.15) is 46.5 Å². The van der Waals surface area contributed by atoms with Gasteiger partial charge in [0.15, 0.2) is 55.6 Å². The predicted molar refractivity (Wildman–Crippen MR) is 501 cm³/mol. The Hall–Kier alpha value is -13.2. The molecule has 135 heavy (non-hydrogen) atoms. The summed E-state index contributed by atoms with van der Waals surface area (Å²) >= 11 is 2.79. The Morgan fingerprint density at radius 3 is 1.31 bits per heavy atom. The summed E-state index contributed by atoms with van der Waals surface area (Å²) in [6, 6.07) is 9.72. The fourth-order valence-electron chi connectivity index (χ4n) is 13.2. The standard InChI is InChI=1S/C22H29N9O2.C18H22N8O.C10H10N6O2S.C10H10N6S.C9H16N2O.C6H6N2S.C5H8N4.C5H9NO.FH.K/c1-13(2)25-22(33)28-19-17(9-23)20(27-18(26-19)16-10-24-29(4)12-16)30-7-8-31(14(3)11-30)21(32)15-5-6-15;1-11-9-25(5-6-26(11)18(27)12-3-4-12)17-14(7-19)15(20)22-16(23-17)13-8-21-24(2)10-13;1-16-5-6(4-13-16)9-14-8(12)7(3-11)10(15-9)19(2,17)18;1-16-5-6(4-13-16)9-14-8(12)7(3-11)10(15-9)17-2;1-7-6-10-4-5-11(7)9(12)8-2-3-8;1-5(9-3)6(4-7)8-2;1-9-3-4(2-8-9)5(6)7;1-5(2)3-6-4-7;;/h10,12-15H,5-8,11H2,1-4H3,(H2,25,26,27,28,33);8,10-12H,3-6,9H2,1-2H3,(H2,20,22,23);4-5H,1-2H3,(H2,12,14,15);4-5H,1-2H3,(H2,12,14,15);7-8,10H,2-6H2,1H3;1,3H3;2-3H,1H3,(H3,6,7);5H,3H2,1-2H3;1H;/q;;;;;;;;;+1/p-1/b;;;;;6-5+;;;;/t14-;11-;;;7-;;;;;/m11..1...../s1. The molecule has 0 unspecified atom stereocenters. The average Bonchev–Trinajstić information content (AvgIpc) is 1.33. The van der Waals surface area contributed by atoms with Crippen molar-refractivity contribution in [2.24, 2.45) is 69.6 Å². The fraction of sp³-hybridized carbons (Fsp3) is 0.471. The molecule has 0 aromatic carbocycles. The fourth-order valence-corrected chi connectivity index (χ4v) is 14.7. The summed E-state index contributed by atoms with van der Waals surface area (Å²) in [4.78, 5) is 110. The van der Waals surface area contributed by atoms with Crippen molar-refractivity contribution in [3.05, 3.63) is 112 Å². The van der Waals surface area contributed by atoms with E-state index in [-0.39, 0.29) is 160 Å². The van der Waals surface area contributed by atoms with Crippen molar-refractivity contribution in [2.45, 2.75) is 128 Å². The molecule has 0 bridgehead atoms. The van der Waals surface area contributed by atoms with Crippen molar-refractivity contribution in [1.82, 2.24) is 114 Å². The Kier molecular flexibility index (Phi) is 42.4.